The van der Waals surface area contributed by atoms with E-state index in [9.17, 15) is 4.79 Å². The lowest BCUT2D eigenvalue weighted by Crippen LogP contribution is -2.27. The van der Waals surface area contributed by atoms with Gasteiger partial charge in [0, 0.05) is 0 Å². The Morgan fingerprint density at radius 1 is 1.36 bits per heavy atom. The Morgan fingerprint density at radius 2 is 2.07 bits per heavy atom. The Morgan fingerprint density at radius 3 is 2.71 bits per heavy atom. The van der Waals surface area contributed by atoms with Crippen LogP contribution in [-0.2, 0) is 14.4 Å². The molecule has 14 heavy (non-hydrogen) atoms. The number of hydrazine groups is 1. The van der Waals surface area contributed by atoms with E-state index in [1.54, 1.807) is 0 Å². The lowest BCUT2D eigenvalue weighted by atomic mass is 9.98. The van der Waals surface area contributed by atoms with Crippen LogP contribution in [-0.4, -0.2) is 18.7 Å². The smallest absolute Gasteiger partial charge is 0.328 e. The van der Waals surface area contributed by atoms with Crippen LogP contribution in [0.15, 0.2) is 0 Å². The van der Waals surface area contributed by atoms with E-state index in [1.165, 1.54) is 19.3 Å². The maximum absolute atomic E-state index is 10.8. The molecule has 5 nitrogen and oxygen atoms in total. The average molecular weight is 202 g/mol. The molecule has 0 amide bonds. The van der Waals surface area contributed by atoms with Crippen LogP contribution in [0.25, 0.3) is 0 Å². The fourth-order valence-corrected chi connectivity index (χ4v) is 1.66. The van der Waals surface area contributed by atoms with Gasteiger partial charge in [-0.05, 0) is 12.8 Å². The molecule has 5 heteroatoms. The van der Waals surface area contributed by atoms with Crippen LogP contribution in [0.4, 0.5) is 0 Å². The molecule has 1 aliphatic rings. The molecule has 0 bridgehead atoms. The molecule has 0 aromatic heterocycles. The number of carbonyl (C=O) groups is 1. The van der Waals surface area contributed by atoms with E-state index in [-0.39, 0.29) is 12.4 Å². The number of hydrogen-bond donors (Lipinski definition) is 2. The van der Waals surface area contributed by atoms with Crippen molar-refractivity contribution in [1.29, 1.82) is 0 Å². The standard InChI is InChI=1S/C9H18N2O3/c10-11-14-9(12)6-7-13-8-4-2-1-3-5-8/h8,11H,1-7,10H2. The van der Waals surface area contributed by atoms with Crippen molar-refractivity contribution in [3.05, 3.63) is 0 Å². The minimum Gasteiger partial charge on any atom is -0.378 e. The molecule has 0 aromatic rings. The number of rotatable bonds is 5. The van der Waals surface area contributed by atoms with E-state index < -0.39 is 0 Å². The van der Waals surface area contributed by atoms with Gasteiger partial charge in [0.1, 0.15) is 0 Å². The van der Waals surface area contributed by atoms with Crippen LogP contribution in [0.2, 0.25) is 0 Å². The zero-order valence-electron chi connectivity index (χ0n) is 8.33. The van der Waals surface area contributed by atoms with Crippen LogP contribution in [0, 0.1) is 0 Å². The highest BCUT2D eigenvalue weighted by Gasteiger charge is 2.14. The largest absolute Gasteiger partial charge is 0.378 e. The van der Waals surface area contributed by atoms with Crippen LogP contribution in [0.3, 0.4) is 0 Å². The number of carbonyl (C=O) groups excluding carboxylic acids is 1. The first-order valence-electron chi connectivity index (χ1n) is 5.10. The van der Waals surface area contributed by atoms with Crippen molar-refractivity contribution in [2.75, 3.05) is 6.61 Å². The molecule has 1 saturated carbocycles. The van der Waals surface area contributed by atoms with E-state index in [0.29, 0.717) is 12.7 Å². The Hall–Kier alpha value is -0.650. The van der Waals surface area contributed by atoms with Gasteiger partial charge in [-0.15, -0.1) is 0 Å². The monoisotopic (exact) mass is 202 g/mol. The zero-order valence-corrected chi connectivity index (χ0v) is 8.33. The Bertz CT molecular complexity index is 169. The van der Waals surface area contributed by atoms with Gasteiger partial charge in [-0.3, -0.25) is 4.79 Å². The van der Waals surface area contributed by atoms with Gasteiger partial charge in [-0.2, -0.15) is 0 Å². The molecule has 0 aromatic carbocycles. The fourth-order valence-electron chi connectivity index (χ4n) is 1.66. The van der Waals surface area contributed by atoms with E-state index in [4.69, 9.17) is 10.6 Å². The van der Waals surface area contributed by atoms with E-state index in [1.807, 2.05) is 5.59 Å². The molecule has 0 saturated heterocycles. The lowest BCUT2D eigenvalue weighted by molar-refractivity contribution is -0.153. The van der Waals surface area contributed by atoms with Crippen molar-refractivity contribution >= 4 is 5.97 Å². The Labute approximate surface area is 83.9 Å². The lowest BCUT2D eigenvalue weighted by Gasteiger charge is -2.21. The molecule has 1 aliphatic carbocycles. The van der Waals surface area contributed by atoms with Gasteiger partial charge in [0.2, 0.25) is 0 Å². The minimum absolute atomic E-state index is 0.251. The molecular weight excluding hydrogens is 184 g/mol. The second kappa shape index (κ2) is 6.75. The van der Waals surface area contributed by atoms with Gasteiger partial charge in [0.05, 0.1) is 19.1 Å². The van der Waals surface area contributed by atoms with Crippen molar-refractivity contribution in [2.24, 2.45) is 5.84 Å². The number of hydrogen-bond acceptors (Lipinski definition) is 5. The van der Waals surface area contributed by atoms with Crippen LogP contribution in [0.5, 0.6) is 0 Å². The Balaban J connectivity index is 1.99. The molecule has 0 unspecified atom stereocenters. The summed E-state index contributed by atoms with van der Waals surface area (Å²) in [4.78, 5) is 15.2. The topological polar surface area (TPSA) is 73.6 Å². The van der Waals surface area contributed by atoms with E-state index in [0.717, 1.165) is 12.8 Å². The normalized spacial score (nSPS) is 18.1. The first-order valence-corrected chi connectivity index (χ1v) is 5.10. The van der Waals surface area contributed by atoms with Crippen LogP contribution < -0.4 is 11.4 Å². The predicted octanol–water partition coefficient (Wildman–Crippen LogP) is 0.647. The summed E-state index contributed by atoms with van der Waals surface area (Å²) in [6.45, 7) is 0.422. The first-order chi connectivity index (χ1) is 6.83. The van der Waals surface area contributed by atoms with Gasteiger partial charge in [0.25, 0.3) is 0 Å². The van der Waals surface area contributed by atoms with E-state index in [2.05, 4.69) is 4.84 Å². The van der Waals surface area contributed by atoms with Gasteiger partial charge in [-0.1, -0.05) is 24.9 Å². The quantitative estimate of drug-likeness (QED) is 0.505. The summed E-state index contributed by atoms with van der Waals surface area (Å²) in [5, 5.41) is 0. The van der Waals surface area contributed by atoms with Crippen molar-refractivity contribution in [3.8, 4) is 0 Å². The predicted molar refractivity (Wildman–Crippen MR) is 50.9 cm³/mol. The van der Waals surface area contributed by atoms with Crippen molar-refractivity contribution in [3.63, 3.8) is 0 Å². The average Bonchev–Trinajstić information content (AvgIpc) is 2.20. The van der Waals surface area contributed by atoms with Gasteiger partial charge >= 0.3 is 5.97 Å². The molecule has 0 atom stereocenters. The third-order valence-corrected chi connectivity index (χ3v) is 2.38. The van der Waals surface area contributed by atoms with Crippen molar-refractivity contribution in [1.82, 2.24) is 5.59 Å². The second-order valence-electron chi connectivity index (χ2n) is 3.47. The maximum Gasteiger partial charge on any atom is 0.328 e. The molecule has 0 radical (unpaired) electrons. The summed E-state index contributed by atoms with van der Waals surface area (Å²) >= 11 is 0. The zero-order chi connectivity index (χ0) is 10.2. The number of nitrogens with one attached hydrogen (secondary N) is 1. The third-order valence-electron chi connectivity index (χ3n) is 2.38. The van der Waals surface area contributed by atoms with Crippen molar-refractivity contribution < 1.29 is 14.4 Å². The van der Waals surface area contributed by atoms with E-state index >= 15 is 0 Å². The summed E-state index contributed by atoms with van der Waals surface area (Å²) in [7, 11) is 0. The first kappa shape index (κ1) is 11.4. The molecule has 3 N–H and O–H groups in total. The molecule has 1 rings (SSSR count). The second-order valence-corrected chi connectivity index (χ2v) is 3.47. The maximum atomic E-state index is 10.8. The van der Waals surface area contributed by atoms with Crippen LogP contribution in [0.1, 0.15) is 38.5 Å². The van der Waals surface area contributed by atoms with Gasteiger partial charge in [0.15, 0.2) is 0 Å². The number of nitrogens with two attached hydrogens (primary N) is 1. The molecule has 82 valence electrons. The molecule has 0 heterocycles. The third kappa shape index (κ3) is 4.55. The molecular formula is C9H18N2O3. The highest BCUT2D eigenvalue weighted by atomic mass is 16.7. The van der Waals surface area contributed by atoms with Gasteiger partial charge < -0.3 is 9.57 Å². The molecule has 0 spiro atoms. The SMILES string of the molecule is NNOC(=O)CCOC1CCCCC1. The minimum atomic E-state index is -0.386. The summed E-state index contributed by atoms with van der Waals surface area (Å²) in [6, 6.07) is 0. The Kier molecular flexibility index (Phi) is 5.51. The van der Waals surface area contributed by atoms with Crippen molar-refractivity contribution in [2.45, 2.75) is 44.6 Å². The summed E-state index contributed by atoms with van der Waals surface area (Å²) in [5.74, 6) is 4.42. The molecule has 1 fully saturated rings. The fraction of sp³-hybridized carbons (Fsp3) is 0.889. The molecule has 0 aliphatic heterocycles. The highest BCUT2D eigenvalue weighted by molar-refractivity contribution is 5.69. The summed E-state index contributed by atoms with van der Waals surface area (Å²) in [5.41, 5.74) is 1.85. The summed E-state index contributed by atoms with van der Waals surface area (Å²) < 4.78 is 5.53. The highest BCUT2D eigenvalue weighted by Crippen LogP contribution is 2.20. The summed E-state index contributed by atoms with van der Waals surface area (Å²) in [6.07, 6.45) is 6.59. The van der Waals surface area contributed by atoms with Gasteiger partial charge in [-0.25, -0.2) is 5.84 Å². The van der Waals surface area contributed by atoms with Crippen LogP contribution >= 0.6 is 0 Å². The number of ether oxygens (including phenoxy) is 1.